The Morgan fingerprint density at radius 2 is 1.62 bits per heavy atom. The smallest absolute Gasteiger partial charge is 0.200 e. The second kappa shape index (κ2) is 10.1. The van der Waals surface area contributed by atoms with Crippen molar-refractivity contribution in [1.82, 2.24) is 0 Å². The molecule has 1 unspecified atom stereocenters. The first-order chi connectivity index (χ1) is 19.4. The van der Waals surface area contributed by atoms with Crippen molar-refractivity contribution in [3.8, 4) is 11.3 Å². The number of nitrogens with zero attached hydrogens (tertiary/aromatic N) is 1. The minimum atomic E-state index is -0.687. The van der Waals surface area contributed by atoms with Crippen LogP contribution in [-0.2, 0) is 13.5 Å². The molecular weight excluding hydrogens is 501 g/mol. The minimum Gasteiger partial charge on any atom is -0.200 e. The van der Waals surface area contributed by atoms with Gasteiger partial charge in [0.25, 0.3) is 0 Å². The number of rotatable bonds is 4. The Labute approximate surface area is 241 Å². The van der Waals surface area contributed by atoms with Gasteiger partial charge in [-0.2, -0.15) is 0 Å². The first kappa shape index (κ1) is 25.9. The summed E-state index contributed by atoms with van der Waals surface area (Å²) in [5.41, 5.74) is 8.81. The molecule has 1 aromatic heterocycles. The van der Waals surface area contributed by atoms with Crippen molar-refractivity contribution in [1.29, 1.82) is 0 Å². The van der Waals surface area contributed by atoms with Crippen LogP contribution < -0.4 is 20.5 Å². The fourth-order valence-electron chi connectivity index (χ4n) is 7.64. The molecule has 1 aliphatic carbocycles. The molecule has 1 aliphatic heterocycles. The summed E-state index contributed by atoms with van der Waals surface area (Å²) >= 11 is 0. The van der Waals surface area contributed by atoms with Gasteiger partial charge in [-0.15, -0.1) is 0 Å². The lowest BCUT2D eigenvalue weighted by Crippen LogP contribution is -2.38. The molecule has 5 aromatic rings. The molecule has 0 amide bonds. The van der Waals surface area contributed by atoms with E-state index in [1.807, 2.05) is 0 Å². The molecule has 4 aromatic carbocycles. The lowest BCUT2D eigenvalue weighted by Gasteiger charge is -2.32. The lowest BCUT2D eigenvalue weighted by molar-refractivity contribution is -0.659. The predicted octanol–water partition coefficient (Wildman–Crippen LogP) is 8.42. The van der Waals surface area contributed by atoms with Crippen molar-refractivity contribution in [2.45, 2.75) is 72.1 Å². The maximum atomic E-state index is 2.65. The van der Waals surface area contributed by atoms with Crippen molar-refractivity contribution >= 4 is 45.4 Å². The molecule has 1 nitrogen and oxygen atoms in total. The second-order valence-electron chi connectivity index (χ2n) is 12.7. The molecular formula is C38H41NP+. The van der Waals surface area contributed by atoms with E-state index in [0.29, 0.717) is 11.8 Å². The largest absolute Gasteiger partial charge is 0.221 e. The molecule has 1 fully saturated rings. The van der Waals surface area contributed by atoms with Crippen molar-refractivity contribution < 1.29 is 4.57 Å². The van der Waals surface area contributed by atoms with Gasteiger partial charge in [0.05, 0.1) is 10.9 Å². The zero-order valence-corrected chi connectivity index (χ0v) is 25.6. The van der Waals surface area contributed by atoms with Crippen molar-refractivity contribution in [3.63, 3.8) is 0 Å². The highest BCUT2D eigenvalue weighted by Gasteiger charge is 2.37. The molecule has 1 atom stereocenters. The highest BCUT2D eigenvalue weighted by molar-refractivity contribution is 7.80. The highest BCUT2D eigenvalue weighted by Crippen LogP contribution is 2.49. The van der Waals surface area contributed by atoms with E-state index >= 15 is 0 Å². The van der Waals surface area contributed by atoms with Crippen LogP contribution >= 0.6 is 7.92 Å². The number of hydrogen-bond donors (Lipinski definition) is 0. The van der Waals surface area contributed by atoms with Crippen LogP contribution in [0.4, 0.5) is 0 Å². The molecule has 0 radical (unpaired) electrons. The molecule has 0 bridgehead atoms. The third-order valence-electron chi connectivity index (χ3n) is 9.53. The van der Waals surface area contributed by atoms with Gasteiger partial charge in [0.2, 0.25) is 5.69 Å². The van der Waals surface area contributed by atoms with E-state index in [-0.39, 0.29) is 0 Å². The fraction of sp³-hybridized carbons (Fsp3) is 0.342. The van der Waals surface area contributed by atoms with Crippen LogP contribution in [0, 0.1) is 19.8 Å². The number of fused-ring (bicyclic) bond motifs is 3. The van der Waals surface area contributed by atoms with Crippen LogP contribution in [0.5, 0.6) is 0 Å². The normalized spacial score (nSPS) is 17.1. The average Bonchev–Trinajstić information content (AvgIpc) is 2.97. The van der Waals surface area contributed by atoms with Crippen LogP contribution in [0.1, 0.15) is 74.1 Å². The third kappa shape index (κ3) is 4.12. The Morgan fingerprint density at radius 3 is 2.38 bits per heavy atom. The van der Waals surface area contributed by atoms with Gasteiger partial charge in [-0.05, 0) is 108 Å². The van der Waals surface area contributed by atoms with E-state index in [1.165, 1.54) is 86.9 Å². The van der Waals surface area contributed by atoms with Crippen LogP contribution in [-0.4, -0.2) is 0 Å². The summed E-state index contributed by atoms with van der Waals surface area (Å²) in [6, 6.07) is 26.3. The van der Waals surface area contributed by atoms with Gasteiger partial charge in [0.15, 0.2) is 6.20 Å². The van der Waals surface area contributed by atoms with Gasteiger partial charge >= 0.3 is 0 Å². The summed E-state index contributed by atoms with van der Waals surface area (Å²) in [6.07, 6.45) is 10.2. The molecule has 0 spiro atoms. The summed E-state index contributed by atoms with van der Waals surface area (Å²) in [6.45, 7) is 9.44. The standard InChI is InChI=1S/C38H41NP/c1-24(2)20-27-16-17-32-25(3)35-37-36-29(18-19-39(37)5)22-30(28-12-8-6-9-13-28)23-34(36)40(31-14-10-7-11-15-31)38(35)26(4)33(32)21-27/h7,10-11,14-19,21-24,28H,6,8-9,12-13,20H2,1-5H3/q+1. The van der Waals surface area contributed by atoms with Gasteiger partial charge in [0, 0.05) is 11.4 Å². The molecule has 202 valence electrons. The van der Waals surface area contributed by atoms with E-state index < -0.39 is 7.92 Å². The first-order valence-corrected chi connectivity index (χ1v) is 16.6. The van der Waals surface area contributed by atoms with Crippen molar-refractivity contribution in [3.05, 3.63) is 95.2 Å². The quantitative estimate of drug-likeness (QED) is 0.156. The molecule has 0 N–H and O–H groups in total. The lowest BCUT2D eigenvalue weighted by atomic mass is 9.83. The van der Waals surface area contributed by atoms with Crippen LogP contribution in [0.15, 0.2) is 72.9 Å². The molecule has 0 saturated heterocycles. The Bertz CT molecular complexity index is 1760. The summed E-state index contributed by atoms with van der Waals surface area (Å²) < 4.78 is 2.40. The number of pyridine rings is 1. The van der Waals surface area contributed by atoms with Crippen LogP contribution in [0.2, 0.25) is 0 Å². The molecule has 1 saturated carbocycles. The Kier molecular flexibility index (Phi) is 6.55. The maximum absolute atomic E-state index is 2.65. The zero-order valence-electron chi connectivity index (χ0n) is 24.7. The van der Waals surface area contributed by atoms with Gasteiger partial charge in [-0.25, -0.2) is 4.57 Å². The summed E-state index contributed by atoms with van der Waals surface area (Å²) in [4.78, 5) is 0. The SMILES string of the molecule is Cc1c2c(c(C)c3cc(CC(C)C)ccc13)P(c1ccccc1)c1cc(C3CCCCC3)cc3cc[n+](C)c-2c13. The predicted molar refractivity (Wildman–Crippen MR) is 174 cm³/mol. The molecule has 2 heterocycles. The number of aromatic nitrogens is 1. The van der Waals surface area contributed by atoms with Gasteiger partial charge in [0.1, 0.15) is 7.05 Å². The Hall–Kier alpha value is -3.02. The Balaban J connectivity index is 1.60. The van der Waals surface area contributed by atoms with Crippen molar-refractivity contribution in [2.24, 2.45) is 13.0 Å². The highest BCUT2D eigenvalue weighted by atomic mass is 31.1. The minimum absolute atomic E-state index is 0.652. The fourth-order valence-corrected chi connectivity index (χ4v) is 10.6. The van der Waals surface area contributed by atoms with E-state index in [2.05, 4.69) is 112 Å². The van der Waals surface area contributed by atoms with E-state index in [0.717, 1.165) is 6.42 Å². The average molecular weight is 543 g/mol. The zero-order chi connectivity index (χ0) is 27.5. The topological polar surface area (TPSA) is 3.88 Å². The monoisotopic (exact) mass is 542 g/mol. The number of aryl methyl sites for hydroxylation is 3. The molecule has 7 rings (SSSR count). The summed E-state index contributed by atoms with van der Waals surface area (Å²) in [7, 11) is 1.56. The summed E-state index contributed by atoms with van der Waals surface area (Å²) in [5.74, 6) is 1.35. The van der Waals surface area contributed by atoms with Crippen LogP contribution in [0.3, 0.4) is 0 Å². The summed E-state index contributed by atoms with van der Waals surface area (Å²) in [5, 5.41) is 10.4. The van der Waals surface area contributed by atoms with Crippen molar-refractivity contribution in [2.75, 3.05) is 0 Å². The number of benzene rings is 4. The van der Waals surface area contributed by atoms with Crippen LogP contribution in [0.25, 0.3) is 32.8 Å². The van der Waals surface area contributed by atoms with Gasteiger partial charge < -0.3 is 0 Å². The third-order valence-corrected chi connectivity index (χ3v) is 12.2. The van der Waals surface area contributed by atoms with Gasteiger partial charge in [-0.1, -0.05) is 87.7 Å². The van der Waals surface area contributed by atoms with Gasteiger partial charge in [-0.3, -0.25) is 0 Å². The second-order valence-corrected chi connectivity index (χ2v) is 14.9. The van der Waals surface area contributed by atoms with E-state index in [9.17, 15) is 0 Å². The van der Waals surface area contributed by atoms with E-state index in [1.54, 1.807) is 16.2 Å². The maximum Gasteiger partial charge on any atom is 0.221 e. The molecule has 2 aliphatic rings. The Morgan fingerprint density at radius 1 is 0.850 bits per heavy atom. The molecule has 2 heteroatoms. The number of hydrogen-bond acceptors (Lipinski definition) is 0. The molecule has 40 heavy (non-hydrogen) atoms. The first-order valence-electron chi connectivity index (χ1n) is 15.3. The van der Waals surface area contributed by atoms with E-state index in [4.69, 9.17) is 0 Å².